The summed E-state index contributed by atoms with van der Waals surface area (Å²) in [6.45, 7) is 0.0738. The summed E-state index contributed by atoms with van der Waals surface area (Å²) in [5.41, 5.74) is 0.283. The highest BCUT2D eigenvalue weighted by atomic mass is 16.7. The molecule has 2 aromatic carbocycles. The van der Waals surface area contributed by atoms with E-state index in [-0.39, 0.29) is 40.7 Å². The second-order valence-corrected chi connectivity index (χ2v) is 7.65. The fraction of sp³-hybridized carbons (Fsp3) is 0.391. The Balaban J connectivity index is 1.80. The first kappa shape index (κ1) is 26.0. The minimum Gasteiger partial charge on any atom is -0.508 e. The molecule has 12 nitrogen and oxygen atoms in total. The van der Waals surface area contributed by atoms with Gasteiger partial charge in [0.2, 0.25) is 6.29 Å². The van der Waals surface area contributed by atoms with Crippen LogP contribution in [0.2, 0.25) is 0 Å². The number of aliphatic hydroxyl groups is 3. The summed E-state index contributed by atoms with van der Waals surface area (Å²) in [6, 6.07) is 7.77. The van der Waals surface area contributed by atoms with Crippen LogP contribution in [0.3, 0.4) is 0 Å². The molecular formula is C23H26O12. The van der Waals surface area contributed by atoms with Crippen LogP contribution in [-0.4, -0.2) is 81.9 Å². The van der Waals surface area contributed by atoms with E-state index in [9.17, 15) is 35.1 Å². The van der Waals surface area contributed by atoms with Gasteiger partial charge >= 0.3 is 11.9 Å². The Hall–Kier alpha value is -3.58. The number of hydrogen-bond acceptors (Lipinski definition) is 12. The van der Waals surface area contributed by atoms with E-state index in [0.29, 0.717) is 0 Å². The van der Waals surface area contributed by atoms with Crippen LogP contribution in [0, 0.1) is 0 Å². The third-order valence-electron chi connectivity index (χ3n) is 5.19. The second-order valence-electron chi connectivity index (χ2n) is 7.65. The van der Waals surface area contributed by atoms with Crippen molar-refractivity contribution in [3.63, 3.8) is 0 Å². The Labute approximate surface area is 199 Å². The van der Waals surface area contributed by atoms with Crippen LogP contribution in [0.15, 0.2) is 36.4 Å². The van der Waals surface area contributed by atoms with E-state index in [1.165, 1.54) is 43.5 Å². The summed E-state index contributed by atoms with van der Waals surface area (Å²) in [5.74, 6) is -1.74. The zero-order valence-corrected chi connectivity index (χ0v) is 18.9. The van der Waals surface area contributed by atoms with Gasteiger partial charge in [-0.25, -0.2) is 4.79 Å². The van der Waals surface area contributed by atoms with Crippen LogP contribution < -0.4 is 9.47 Å². The van der Waals surface area contributed by atoms with Crippen molar-refractivity contribution in [2.75, 3.05) is 13.7 Å². The predicted molar refractivity (Wildman–Crippen MR) is 116 cm³/mol. The van der Waals surface area contributed by atoms with E-state index in [1.807, 2.05) is 0 Å². The smallest absolute Gasteiger partial charge is 0.338 e. The third kappa shape index (κ3) is 6.11. The van der Waals surface area contributed by atoms with Crippen LogP contribution in [0.5, 0.6) is 23.0 Å². The Bertz CT molecular complexity index is 1050. The molecule has 35 heavy (non-hydrogen) atoms. The number of rotatable bonds is 8. The highest BCUT2D eigenvalue weighted by molar-refractivity contribution is 5.90. The van der Waals surface area contributed by atoms with Crippen LogP contribution in [0.1, 0.15) is 22.8 Å². The maximum Gasteiger partial charge on any atom is 0.338 e. The predicted octanol–water partition coefficient (Wildman–Crippen LogP) is 0.213. The summed E-state index contributed by atoms with van der Waals surface area (Å²) in [4.78, 5) is 24.0. The maximum absolute atomic E-state index is 12.5. The topological polar surface area (TPSA) is 181 Å². The van der Waals surface area contributed by atoms with E-state index >= 15 is 0 Å². The molecule has 190 valence electrons. The molecule has 1 saturated heterocycles. The van der Waals surface area contributed by atoms with E-state index in [0.717, 1.165) is 6.92 Å². The molecule has 5 N–H and O–H groups in total. The normalized spacial score (nSPS) is 23.9. The number of phenolic OH excluding ortho intramolecular Hbond substituents is 2. The number of carbonyl (C=O) groups is 2. The molecule has 3 rings (SSSR count). The molecule has 0 radical (unpaired) electrons. The SMILES string of the molecule is COc1cc(C(=O)OCc2cc(O)ccc2O[C@@H]2O[C@H](CO)[C@@H](O)[C@H](O)[C@H]2OC(C)=O)ccc1O. The Morgan fingerprint density at radius 1 is 1.03 bits per heavy atom. The zero-order valence-electron chi connectivity index (χ0n) is 18.9. The lowest BCUT2D eigenvalue weighted by molar-refractivity contribution is -0.282. The fourth-order valence-electron chi connectivity index (χ4n) is 3.42. The number of hydrogen-bond donors (Lipinski definition) is 5. The van der Waals surface area contributed by atoms with Crippen molar-refractivity contribution in [3.8, 4) is 23.0 Å². The average Bonchev–Trinajstić information content (AvgIpc) is 2.83. The summed E-state index contributed by atoms with van der Waals surface area (Å²) < 4.78 is 26.6. The molecule has 0 unspecified atom stereocenters. The molecule has 1 aliphatic rings. The molecule has 0 saturated carbocycles. The molecule has 2 aromatic rings. The van der Waals surface area contributed by atoms with Crippen molar-refractivity contribution in [2.24, 2.45) is 0 Å². The summed E-state index contributed by atoms with van der Waals surface area (Å²) in [5, 5.41) is 49.5. The minimum absolute atomic E-state index is 0.0429. The highest BCUT2D eigenvalue weighted by Gasteiger charge is 2.47. The first-order valence-electron chi connectivity index (χ1n) is 10.5. The van der Waals surface area contributed by atoms with Gasteiger partial charge in [0, 0.05) is 12.5 Å². The number of ether oxygens (including phenoxy) is 5. The van der Waals surface area contributed by atoms with Gasteiger partial charge < -0.3 is 49.2 Å². The molecule has 0 spiro atoms. The lowest BCUT2D eigenvalue weighted by Crippen LogP contribution is -2.61. The number of methoxy groups -OCH3 is 1. The number of aromatic hydroxyl groups is 2. The van der Waals surface area contributed by atoms with E-state index in [1.54, 1.807) is 0 Å². The average molecular weight is 494 g/mol. The van der Waals surface area contributed by atoms with Gasteiger partial charge in [-0.1, -0.05) is 0 Å². The van der Waals surface area contributed by atoms with Crippen LogP contribution in [0.25, 0.3) is 0 Å². The molecule has 0 aromatic heterocycles. The van der Waals surface area contributed by atoms with Crippen LogP contribution in [0.4, 0.5) is 0 Å². The molecule has 1 fully saturated rings. The Morgan fingerprint density at radius 2 is 1.77 bits per heavy atom. The molecule has 1 aliphatic heterocycles. The Kier molecular flexibility index (Phi) is 8.35. The molecular weight excluding hydrogens is 468 g/mol. The zero-order chi connectivity index (χ0) is 25.7. The van der Waals surface area contributed by atoms with Crippen LogP contribution in [-0.2, 0) is 25.6 Å². The van der Waals surface area contributed by atoms with Gasteiger partial charge in [-0.05, 0) is 36.4 Å². The van der Waals surface area contributed by atoms with Crippen molar-refractivity contribution in [3.05, 3.63) is 47.5 Å². The largest absolute Gasteiger partial charge is 0.508 e. The first-order valence-corrected chi connectivity index (χ1v) is 10.5. The summed E-state index contributed by atoms with van der Waals surface area (Å²) in [6.07, 6.45) is -7.30. The fourth-order valence-corrected chi connectivity index (χ4v) is 3.42. The second kappa shape index (κ2) is 11.2. The number of esters is 2. The number of aliphatic hydroxyl groups excluding tert-OH is 3. The number of carbonyl (C=O) groups excluding carboxylic acids is 2. The van der Waals surface area contributed by atoms with Gasteiger partial charge in [0.05, 0.1) is 19.3 Å². The van der Waals surface area contributed by atoms with Gasteiger partial charge in [-0.15, -0.1) is 0 Å². The van der Waals surface area contributed by atoms with Crippen molar-refractivity contribution < 1.29 is 58.8 Å². The standard InChI is InChI=1S/C23H26O12/c1-11(25)33-21-20(29)19(28)18(9-24)35-23(21)34-16-6-4-14(26)7-13(16)10-32-22(30)12-3-5-15(27)17(8-12)31-2/h3-8,18-21,23-24,26-29H,9-10H2,1-2H3/t18-,19-,20+,21-,23-/m1/s1. The van der Waals surface area contributed by atoms with Crippen molar-refractivity contribution >= 4 is 11.9 Å². The molecule has 0 bridgehead atoms. The van der Waals surface area contributed by atoms with Crippen molar-refractivity contribution in [1.29, 1.82) is 0 Å². The quantitative estimate of drug-likeness (QED) is 0.315. The van der Waals surface area contributed by atoms with Crippen molar-refractivity contribution in [1.82, 2.24) is 0 Å². The number of phenols is 2. The molecule has 0 amide bonds. The minimum atomic E-state index is -1.63. The summed E-state index contributed by atoms with van der Waals surface area (Å²) >= 11 is 0. The maximum atomic E-state index is 12.5. The van der Waals surface area contributed by atoms with Gasteiger partial charge in [0.1, 0.15) is 36.4 Å². The molecule has 12 heteroatoms. The summed E-state index contributed by atoms with van der Waals surface area (Å²) in [7, 11) is 1.33. The first-order chi connectivity index (χ1) is 16.6. The monoisotopic (exact) mass is 494 g/mol. The number of benzene rings is 2. The van der Waals surface area contributed by atoms with E-state index in [2.05, 4.69) is 0 Å². The van der Waals surface area contributed by atoms with E-state index < -0.39 is 49.3 Å². The van der Waals surface area contributed by atoms with E-state index in [4.69, 9.17) is 23.7 Å². The van der Waals surface area contributed by atoms with Gasteiger partial charge in [-0.2, -0.15) is 0 Å². The lowest BCUT2D eigenvalue weighted by Gasteiger charge is -2.41. The highest BCUT2D eigenvalue weighted by Crippen LogP contribution is 2.31. The van der Waals surface area contributed by atoms with Gasteiger partial charge in [0.15, 0.2) is 17.6 Å². The molecule has 0 aliphatic carbocycles. The lowest BCUT2D eigenvalue weighted by atomic mass is 9.99. The van der Waals surface area contributed by atoms with Crippen LogP contribution >= 0.6 is 0 Å². The molecule has 5 atom stereocenters. The Morgan fingerprint density at radius 3 is 2.43 bits per heavy atom. The van der Waals surface area contributed by atoms with Crippen molar-refractivity contribution in [2.45, 2.75) is 44.2 Å². The van der Waals surface area contributed by atoms with Gasteiger partial charge in [-0.3, -0.25) is 4.79 Å². The molecule has 1 heterocycles. The third-order valence-corrected chi connectivity index (χ3v) is 5.19. The van der Waals surface area contributed by atoms with Gasteiger partial charge in [0.25, 0.3) is 0 Å².